The highest BCUT2D eigenvalue weighted by Gasteiger charge is 2.27. The van der Waals surface area contributed by atoms with E-state index in [0.717, 1.165) is 55.9 Å². The first kappa shape index (κ1) is 20.2. The topological polar surface area (TPSA) is 55.8 Å². The fraction of sp³-hybridized carbons (Fsp3) is 0.0312. The van der Waals surface area contributed by atoms with Gasteiger partial charge in [0.1, 0.15) is 22.4 Å². The zero-order valence-corrected chi connectivity index (χ0v) is 19.8. The van der Waals surface area contributed by atoms with Crippen molar-refractivity contribution in [2.45, 2.75) is 0 Å². The third-order valence-electron chi connectivity index (χ3n) is 7.27. The predicted octanol–water partition coefficient (Wildman–Crippen LogP) is 8.39. The third kappa shape index (κ3) is 2.82. The maximum Gasteiger partial charge on any atom is 0.200 e. The summed E-state index contributed by atoms with van der Waals surface area (Å²) in [7, 11) is 2.03. The molecule has 0 N–H and O–H groups in total. The van der Waals surface area contributed by atoms with Crippen LogP contribution in [0.15, 0.2) is 111 Å². The van der Waals surface area contributed by atoms with E-state index in [-0.39, 0.29) is 5.43 Å². The molecule has 5 heteroatoms. The average molecular weight is 482 g/mol. The minimum Gasteiger partial charge on any atom is -0.456 e. The number of para-hydroxylation sites is 2. The number of hydrogen-bond acceptors (Lipinski definition) is 5. The Morgan fingerprint density at radius 3 is 2.11 bits per heavy atom. The van der Waals surface area contributed by atoms with Gasteiger partial charge in [-0.2, -0.15) is 0 Å². The van der Waals surface area contributed by atoms with Gasteiger partial charge in [-0.05, 0) is 65.7 Å². The molecule has 0 atom stereocenters. The molecule has 0 aliphatic carbocycles. The first-order valence-corrected chi connectivity index (χ1v) is 12.1. The molecule has 0 saturated carbocycles. The molecular formula is C32H19NO4. The highest BCUT2D eigenvalue weighted by atomic mass is 16.5. The van der Waals surface area contributed by atoms with Crippen LogP contribution >= 0.6 is 0 Å². The van der Waals surface area contributed by atoms with Crippen molar-refractivity contribution >= 4 is 55.3 Å². The molecule has 0 saturated heterocycles. The van der Waals surface area contributed by atoms with Crippen molar-refractivity contribution in [3.63, 3.8) is 0 Å². The number of hydrogen-bond donors (Lipinski definition) is 0. The second-order valence-electron chi connectivity index (χ2n) is 9.37. The van der Waals surface area contributed by atoms with E-state index in [9.17, 15) is 4.79 Å². The van der Waals surface area contributed by atoms with Gasteiger partial charge in [-0.15, -0.1) is 0 Å². The van der Waals surface area contributed by atoms with Crippen LogP contribution in [-0.4, -0.2) is 7.05 Å². The number of rotatable bonds is 1. The average Bonchev–Trinajstić information content (AvgIpc) is 3.31. The van der Waals surface area contributed by atoms with Crippen LogP contribution in [0.3, 0.4) is 0 Å². The number of ether oxygens (including phenoxy) is 1. The molecule has 2 aromatic heterocycles. The molecule has 1 aliphatic rings. The highest BCUT2D eigenvalue weighted by Crippen LogP contribution is 2.51. The van der Waals surface area contributed by atoms with Crippen LogP contribution in [0, 0.1) is 0 Å². The largest absolute Gasteiger partial charge is 0.456 e. The summed E-state index contributed by atoms with van der Waals surface area (Å²) in [6.45, 7) is 0. The Labute approximate surface area is 210 Å². The Kier molecular flexibility index (Phi) is 3.95. The Morgan fingerprint density at radius 2 is 1.24 bits per heavy atom. The molecule has 0 unspecified atom stereocenters. The SMILES string of the molecule is CN1c2cc(-c3ccc4c(=O)c5ccccc5oc4c3)ccc2Oc2ccc3c(oc4ccccc43)c21. The molecule has 0 bridgehead atoms. The summed E-state index contributed by atoms with van der Waals surface area (Å²) in [6, 6.07) is 31.3. The lowest BCUT2D eigenvalue weighted by atomic mass is 10.0. The van der Waals surface area contributed by atoms with Gasteiger partial charge in [0.2, 0.25) is 5.43 Å². The lowest BCUT2D eigenvalue weighted by Crippen LogP contribution is -2.16. The third-order valence-corrected chi connectivity index (χ3v) is 7.27. The van der Waals surface area contributed by atoms with Crippen molar-refractivity contribution in [1.29, 1.82) is 0 Å². The molecule has 0 spiro atoms. The van der Waals surface area contributed by atoms with Crippen molar-refractivity contribution in [1.82, 2.24) is 0 Å². The number of nitrogens with zero attached hydrogens (tertiary/aromatic N) is 1. The van der Waals surface area contributed by atoms with Crippen molar-refractivity contribution < 1.29 is 13.6 Å². The quantitative estimate of drug-likeness (QED) is 0.220. The van der Waals surface area contributed by atoms with E-state index in [2.05, 4.69) is 23.1 Å². The van der Waals surface area contributed by atoms with Crippen LogP contribution < -0.4 is 15.1 Å². The Morgan fingerprint density at radius 1 is 0.595 bits per heavy atom. The van der Waals surface area contributed by atoms with Gasteiger partial charge in [0.25, 0.3) is 0 Å². The Bertz CT molecular complexity index is 2120. The molecule has 0 fully saturated rings. The van der Waals surface area contributed by atoms with Gasteiger partial charge >= 0.3 is 0 Å². The molecule has 1 aliphatic heterocycles. The lowest BCUT2D eigenvalue weighted by Gasteiger charge is -2.30. The van der Waals surface area contributed by atoms with E-state index >= 15 is 0 Å². The smallest absolute Gasteiger partial charge is 0.200 e. The zero-order valence-electron chi connectivity index (χ0n) is 19.8. The van der Waals surface area contributed by atoms with Crippen molar-refractivity contribution in [2.24, 2.45) is 0 Å². The van der Waals surface area contributed by atoms with Gasteiger partial charge < -0.3 is 18.5 Å². The second-order valence-corrected chi connectivity index (χ2v) is 9.37. The Balaban J connectivity index is 1.28. The van der Waals surface area contributed by atoms with Gasteiger partial charge in [0.15, 0.2) is 17.1 Å². The monoisotopic (exact) mass is 481 g/mol. The second kappa shape index (κ2) is 7.24. The van der Waals surface area contributed by atoms with Gasteiger partial charge in [-0.25, -0.2) is 0 Å². The van der Waals surface area contributed by atoms with Crippen LogP contribution in [0.1, 0.15) is 0 Å². The summed E-state index contributed by atoms with van der Waals surface area (Å²) >= 11 is 0. The minimum absolute atomic E-state index is 0.0200. The van der Waals surface area contributed by atoms with Gasteiger partial charge in [0, 0.05) is 17.8 Å². The molecule has 0 amide bonds. The predicted molar refractivity (Wildman–Crippen MR) is 147 cm³/mol. The summed E-state index contributed by atoms with van der Waals surface area (Å²) in [4.78, 5) is 15.1. The first-order valence-electron chi connectivity index (χ1n) is 12.1. The van der Waals surface area contributed by atoms with Crippen LogP contribution in [0.4, 0.5) is 11.4 Å². The lowest BCUT2D eigenvalue weighted by molar-refractivity contribution is 0.475. The van der Waals surface area contributed by atoms with Crippen LogP contribution in [0.25, 0.3) is 55.0 Å². The van der Waals surface area contributed by atoms with E-state index in [0.29, 0.717) is 21.9 Å². The summed E-state index contributed by atoms with van der Waals surface area (Å²) in [6.07, 6.45) is 0. The van der Waals surface area contributed by atoms with Crippen LogP contribution in [0.5, 0.6) is 11.5 Å². The standard InChI is InChI=1S/C32H19NO4/c1-33-24-16-18(19-10-12-23-29(17-19)35-26-9-5-3-7-22(26)31(23)34)11-14-27(24)36-28-15-13-21-20-6-2-4-8-25(20)37-32(21)30(28)33/h2-17H,1H3. The van der Waals surface area contributed by atoms with E-state index in [1.165, 1.54) is 0 Å². The van der Waals surface area contributed by atoms with Gasteiger partial charge in [0.05, 0.1) is 16.5 Å². The summed E-state index contributed by atoms with van der Waals surface area (Å²) in [5, 5.41) is 3.30. The van der Waals surface area contributed by atoms with Crippen molar-refractivity contribution in [3.05, 3.63) is 107 Å². The zero-order chi connectivity index (χ0) is 24.7. The molecule has 8 rings (SSSR count). The van der Waals surface area contributed by atoms with E-state index in [4.69, 9.17) is 13.6 Å². The molecule has 5 nitrogen and oxygen atoms in total. The fourth-order valence-corrected chi connectivity index (χ4v) is 5.42. The number of fused-ring (bicyclic) bond motifs is 8. The van der Waals surface area contributed by atoms with E-state index in [1.54, 1.807) is 6.07 Å². The molecule has 5 aromatic carbocycles. The van der Waals surface area contributed by atoms with Crippen LogP contribution in [0.2, 0.25) is 0 Å². The maximum absolute atomic E-state index is 13.0. The van der Waals surface area contributed by atoms with Crippen molar-refractivity contribution in [2.75, 3.05) is 11.9 Å². The van der Waals surface area contributed by atoms with E-state index < -0.39 is 0 Å². The molecule has 0 radical (unpaired) electrons. The highest BCUT2D eigenvalue weighted by molar-refractivity contribution is 6.11. The number of benzene rings is 5. The first-order chi connectivity index (χ1) is 18.2. The number of anilines is 2. The summed E-state index contributed by atoms with van der Waals surface area (Å²) < 4.78 is 18.7. The number of furan rings is 1. The minimum atomic E-state index is -0.0200. The van der Waals surface area contributed by atoms with Crippen LogP contribution in [-0.2, 0) is 0 Å². The van der Waals surface area contributed by atoms with Gasteiger partial charge in [-0.3, -0.25) is 4.79 Å². The molecule has 3 heterocycles. The van der Waals surface area contributed by atoms with E-state index in [1.807, 2.05) is 79.8 Å². The maximum atomic E-state index is 13.0. The fourth-order valence-electron chi connectivity index (χ4n) is 5.42. The summed E-state index contributed by atoms with van der Waals surface area (Å²) in [5.74, 6) is 1.53. The Hall–Kier alpha value is -5.03. The molecule has 37 heavy (non-hydrogen) atoms. The summed E-state index contributed by atoms with van der Waals surface area (Å²) in [5.41, 5.74) is 6.56. The van der Waals surface area contributed by atoms with Gasteiger partial charge in [-0.1, -0.05) is 42.5 Å². The molecular weight excluding hydrogens is 462 g/mol. The normalized spacial score (nSPS) is 12.7. The molecule has 7 aromatic rings. The van der Waals surface area contributed by atoms with Crippen molar-refractivity contribution in [3.8, 4) is 22.6 Å². The molecule has 176 valence electrons.